The Labute approximate surface area is 180 Å². The van der Waals surface area contributed by atoms with Gasteiger partial charge in [-0.05, 0) is 29.8 Å². The predicted octanol–water partition coefficient (Wildman–Crippen LogP) is 5.40. The van der Waals surface area contributed by atoms with Gasteiger partial charge in [-0.1, -0.05) is 42.5 Å². The summed E-state index contributed by atoms with van der Waals surface area (Å²) >= 11 is 0. The molecule has 0 amide bonds. The van der Waals surface area contributed by atoms with E-state index in [0.29, 0.717) is 34.1 Å². The van der Waals surface area contributed by atoms with Crippen LogP contribution in [0.25, 0.3) is 10.9 Å². The zero-order valence-electron chi connectivity index (χ0n) is 17.2. The number of esters is 1. The number of pyridine rings is 1. The van der Waals surface area contributed by atoms with Crippen molar-refractivity contribution in [3.63, 3.8) is 0 Å². The second-order valence-corrected chi connectivity index (χ2v) is 6.69. The van der Waals surface area contributed by atoms with Crippen LogP contribution in [-0.4, -0.2) is 25.2 Å². The first-order valence-corrected chi connectivity index (χ1v) is 9.68. The number of rotatable bonds is 7. The largest absolute Gasteiger partial charge is 0.493 e. The van der Waals surface area contributed by atoms with Crippen LogP contribution in [-0.2, 0) is 11.3 Å². The first kappa shape index (κ1) is 20.2. The van der Waals surface area contributed by atoms with E-state index in [1.54, 1.807) is 62.9 Å². The molecule has 6 nitrogen and oxygen atoms in total. The summed E-state index contributed by atoms with van der Waals surface area (Å²) in [4.78, 5) is 17.1. The Kier molecular flexibility index (Phi) is 5.98. The molecule has 0 saturated carbocycles. The first-order chi connectivity index (χ1) is 15.2. The van der Waals surface area contributed by atoms with Gasteiger partial charge in [0.1, 0.15) is 23.7 Å². The van der Waals surface area contributed by atoms with Gasteiger partial charge < -0.3 is 18.9 Å². The summed E-state index contributed by atoms with van der Waals surface area (Å²) in [6.45, 7) is 0.184. The number of carbonyl (C=O) groups excluding carboxylic acids is 1. The Morgan fingerprint density at radius 1 is 0.806 bits per heavy atom. The molecule has 0 bridgehead atoms. The second-order valence-electron chi connectivity index (χ2n) is 6.69. The summed E-state index contributed by atoms with van der Waals surface area (Å²) < 4.78 is 22.4. The molecule has 0 radical (unpaired) electrons. The van der Waals surface area contributed by atoms with E-state index in [2.05, 4.69) is 4.98 Å². The van der Waals surface area contributed by atoms with Gasteiger partial charge >= 0.3 is 5.97 Å². The van der Waals surface area contributed by atoms with Crippen LogP contribution >= 0.6 is 0 Å². The van der Waals surface area contributed by atoms with Gasteiger partial charge in [0.15, 0.2) is 11.5 Å². The minimum Gasteiger partial charge on any atom is -0.493 e. The van der Waals surface area contributed by atoms with Gasteiger partial charge in [0.25, 0.3) is 0 Å². The van der Waals surface area contributed by atoms with Crippen LogP contribution in [0.3, 0.4) is 0 Å². The highest BCUT2D eigenvalue weighted by Crippen LogP contribution is 2.37. The number of para-hydroxylation sites is 1. The molecular formula is C25H21NO5. The van der Waals surface area contributed by atoms with Crippen LogP contribution in [0.15, 0.2) is 79.0 Å². The van der Waals surface area contributed by atoms with Gasteiger partial charge in [0.05, 0.1) is 19.7 Å². The Morgan fingerprint density at radius 3 is 2.29 bits per heavy atom. The number of benzene rings is 3. The molecule has 0 atom stereocenters. The number of carbonyl (C=O) groups is 1. The van der Waals surface area contributed by atoms with Crippen LogP contribution in [0.4, 0.5) is 0 Å². The van der Waals surface area contributed by atoms with E-state index in [-0.39, 0.29) is 6.61 Å². The molecule has 0 N–H and O–H groups in total. The van der Waals surface area contributed by atoms with Gasteiger partial charge in [0, 0.05) is 17.6 Å². The number of nitrogens with zero attached hydrogens (tertiary/aromatic N) is 1. The topological polar surface area (TPSA) is 66.9 Å². The zero-order valence-corrected chi connectivity index (χ0v) is 17.2. The van der Waals surface area contributed by atoms with E-state index in [4.69, 9.17) is 18.9 Å². The predicted molar refractivity (Wildman–Crippen MR) is 117 cm³/mol. The highest BCUT2D eigenvalue weighted by Gasteiger charge is 2.17. The lowest BCUT2D eigenvalue weighted by atomic mass is 10.1. The average molecular weight is 415 g/mol. The summed E-state index contributed by atoms with van der Waals surface area (Å²) in [6.07, 6.45) is 1.64. The standard InChI is InChI=1S/C25H21NO5/c1-28-23-14-19-20(15-24(23)29-2)26-13-12-22(19)31-21-11-7-6-10-18(21)25(27)30-16-17-8-4-3-5-9-17/h3-15H,16H2,1-2H3. The first-order valence-electron chi connectivity index (χ1n) is 9.68. The van der Waals surface area contributed by atoms with Crippen molar-refractivity contribution in [3.05, 3.63) is 90.1 Å². The van der Waals surface area contributed by atoms with Crippen molar-refractivity contribution in [1.82, 2.24) is 4.98 Å². The number of fused-ring (bicyclic) bond motifs is 1. The van der Waals surface area contributed by atoms with Gasteiger partial charge in [-0.3, -0.25) is 4.98 Å². The maximum Gasteiger partial charge on any atom is 0.342 e. The van der Waals surface area contributed by atoms with Crippen LogP contribution in [0.2, 0.25) is 0 Å². The van der Waals surface area contributed by atoms with Crippen molar-refractivity contribution >= 4 is 16.9 Å². The fourth-order valence-electron chi connectivity index (χ4n) is 3.18. The number of aromatic nitrogens is 1. The van der Waals surface area contributed by atoms with E-state index < -0.39 is 5.97 Å². The Balaban J connectivity index is 1.63. The van der Waals surface area contributed by atoms with E-state index in [1.807, 2.05) is 30.3 Å². The van der Waals surface area contributed by atoms with E-state index >= 15 is 0 Å². The van der Waals surface area contributed by atoms with Crippen molar-refractivity contribution in [1.29, 1.82) is 0 Å². The third kappa shape index (κ3) is 4.43. The molecular weight excluding hydrogens is 394 g/mol. The second kappa shape index (κ2) is 9.17. The molecule has 0 aliphatic rings. The molecule has 1 heterocycles. The smallest absolute Gasteiger partial charge is 0.342 e. The molecule has 156 valence electrons. The van der Waals surface area contributed by atoms with E-state index in [9.17, 15) is 4.79 Å². The van der Waals surface area contributed by atoms with Crippen LogP contribution in [0.5, 0.6) is 23.0 Å². The molecule has 1 aromatic heterocycles. The Hall–Kier alpha value is -4.06. The number of methoxy groups -OCH3 is 2. The van der Waals surface area contributed by atoms with Crippen LogP contribution in [0.1, 0.15) is 15.9 Å². The molecule has 3 aromatic carbocycles. The van der Waals surface area contributed by atoms with Crippen molar-refractivity contribution in [2.75, 3.05) is 14.2 Å². The van der Waals surface area contributed by atoms with Crippen LogP contribution < -0.4 is 14.2 Å². The van der Waals surface area contributed by atoms with E-state index in [1.165, 1.54) is 0 Å². The lowest BCUT2D eigenvalue weighted by Gasteiger charge is -2.14. The molecule has 0 unspecified atom stereocenters. The molecule has 0 spiro atoms. The summed E-state index contributed by atoms with van der Waals surface area (Å²) in [5, 5.41) is 0.729. The molecule has 0 aliphatic carbocycles. The summed E-state index contributed by atoms with van der Waals surface area (Å²) in [5.41, 5.74) is 1.93. The van der Waals surface area contributed by atoms with Crippen molar-refractivity contribution in [2.24, 2.45) is 0 Å². The molecule has 4 rings (SSSR count). The quantitative estimate of drug-likeness (QED) is 0.377. The normalized spacial score (nSPS) is 10.5. The Bertz CT molecular complexity index is 1210. The summed E-state index contributed by atoms with van der Waals surface area (Å²) in [5.74, 6) is 1.60. The fraction of sp³-hybridized carbons (Fsp3) is 0.120. The highest BCUT2D eigenvalue weighted by atomic mass is 16.5. The number of hydrogen-bond acceptors (Lipinski definition) is 6. The third-order valence-corrected chi connectivity index (χ3v) is 4.75. The average Bonchev–Trinajstić information content (AvgIpc) is 2.83. The van der Waals surface area contributed by atoms with Crippen molar-refractivity contribution in [2.45, 2.75) is 6.61 Å². The maximum atomic E-state index is 12.7. The molecule has 0 aliphatic heterocycles. The highest BCUT2D eigenvalue weighted by molar-refractivity contribution is 5.93. The van der Waals surface area contributed by atoms with Crippen molar-refractivity contribution < 1.29 is 23.7 Å². The van der Waals surface area contributed by atoms with Gasteiger partial charge in [0.2, 0.25) is 0 Å². The molecule has 4 aromatic rings. The minimum atomic E-state index is -0.461. The lowest BCUT2D eigenvalue weighted by molar-refractivity contribution is 0.0470. The number of ether oxygens (including phenoxy) is 4. The van der Waals surface area contributed by atoms with Crippen molar-refractivity contribution in [3.8, 4) is 23.0 Å². The van der Waals surface area contributed by atoms with Gasteiger partial charge in [-0.2, -0.15) is 0 Å². The van der Waals surface area contributed by atoms with Gasteiger partial charge in [-0.15, -0.1) is 0 Å². The zero-order chi connectivity index (χ0) is 21.6. The monoisotopic (exact) mass is 415 g/mol. The van der Waals surface area contributed by atoms with E-state index in [0.717, 1.165) is 10.9 Å². The molecule has 6 heteroatoms. The van der Waals surface area contributed by atoms with Gasteiger partial charge in [-0.25, -0.2) is 4.79 Å². The maximum absolute atomic E-state index is 12.7. The number of hydrogen-bond donors (Lipinski definition) is 0. The molecule has 0 fully saturated rings. The SMILES string of the molecule is COc1cc2nccc(Oc3ccccc3C(=O)OCc3ccccc3)c2cc1OC. The fourth-order valence-corrected chi connectivity index (χ4v) is 3.18. The minimum absolute atomic E-state index is 0.184. The summed E-state index contributed by atoms with van der Waals surface area (Å²) in [6, 6.07) is 21.8. The lowest BCUT2D eigenvalue weighted by Crippen LogP contribution is -2.07. The van der Waals surface area contributed by atoms with Crippen LogP contribution in [0, 0.1) is 0 Å². The Morgan fingerprint density at radius 2 is 1.52 bits per heavy atom. The third-order valence-electron chi connectivity index (χ3n) is 4.75. The summed E-state index contributed by atoms with van der Waals surface area (Å²) in [7, 11) is 3.14. The molecule has 31 heavy (non-hydrogen) atoms. The molecule has 0 saturated heterocycles.